The molecule has 130 valence electrons. The molecule has 0 fully saturated rings. The molecule has 0 aliphatic rings. The highest BCUT2D eigenvalue weighted by Crippen LogP contribution is 2.25. The van der Waals surface area contributed by atoms with E-state index in [1.165, 1.54) is 35.1 Å². The summed E-state index contributed by atoms with van der Waals surface area (Å²) < 4.78 is 5.79. The van der Waals surface area contributed by atoms with Gasteiger partial charge >= 0.3 is 0 Å². The van der Waals surface area contributed by atoms with E-state index in [1.54, 1.807) is 0 Å². The van der Waals surface area contributed by atoms with Crippen molar-refractivity contribution in [2.45, 2.75) is 52.4 Å². The highest BCUT2D eigenvalue weighted by molar-refractivity contribution is 5.36. The molecule has 2 aromatic carbocycles. The van der Waals surface area contributed by atoms with E-state index in [4.69, 9.17) is 10.5 Å². The minimum absolute atomic E-state index is 0.362. The molecule has 0 saturated heterocycles. The number of unbranched alkanes of at least 4 members (excludes halogenated alkanes) is 2. The fraction of sp³-hybridized carbons (Fsp3) is 0.455. The van der Waals surface area contributed by atoms with E-state index < -0.39 is 0 Å². The van der Waals surface area contributed by atoms with Gasteiger partial charge < -0.3 is 10.5 Å². The molecule has 1 atom stereocenters. The summed E-state index contributed by atoms with van der Waals surface area (Å²) in [7, 11) is 0. The summed E-state index contributed by atoms with van der Waals surface area (Å²) in [5.41, 5.74) is 11.4. The van der Waals surface area contributed by atoms with Crippen LogP contribution in [0.2, 0.25) is 0 Å². The van der Waals surface area contributed by atoms with Crippen LogP contribution in [0.15, 0.2) is 42.5 Å². The Hall–Kier alpha value is -1.80. The Morgan fingerprint density at radius 1 is 1.00 bits per heavy atom. The lowest BCUT2D eigenvalue weighted by Crippen LogP contribution is -2.16. The zero-order valence-corrected chi connectivity index (χ0v) is 15.3. The van der Waals surface area contributed by atoms with Gasteiger partial charge in [0, 0.05) is 5.92 Å². The molecule has 0 aromatic heterocycles. The molecule has 0 radical (unpaired) electrons. The van der Waals surface area contributed by atoms with Crippen LogP contribution in [0, 0.1) is 13.8 Å². The molecule has 0 heterocycles. The van der Waals surface area contributed by atoms with Gasteiger partial charge in [0.05, 0.1) is 6.61 Å². The van der Waals surface area contributed by atoms with Crippen molar-refractivity contribution in [3.8, 4) is 5.75 Å². The lowest BCUT2D eigenvalue weighted by atomic mass is 9.88. The third kappa shape index (κ3) is 5.38. The summed E-state index contributed by atoms with van der Waals surface area (Å²) in [4.78, 5) is 0. The Bertz CT molecular complexity index is 618. The molecule has 0 bridgehead atoms. The summed E-state index contributed by atoms with van der Waals surface area (Å²) in [6.45, 7) is 7.99. The van der Waals surface area contributed by atoms with Gasteiger partial charge in [-0.1, -0.05) is 55.7 Å². The van der Waals surface area contributed by atoms with Gasteiger partial charge in [0.1, 0.15) is 5.75 Å². The van der Waals surface area contributed by atoms with E-state index in [1.807, 2.05) is 0 Å². The van der Waals surface area contributed by atoms with Crippen LogP contribution in [0.25, 0.3) is 0 Å². The molecule has 2 rings (SSSR count). The molecule has 2 aromatic rings. The Morgan fingerprint density at radius 3 is 2.42 bits per heavy atom. The molecule has 2 N–H and O–H groups in total. The number of rotatable bonds is 9. The molecule has 0 spiro atoms. The minimum atomic E-state index is 0.362. The van der Waals surface area contributed by atoms with Crippen molar-refractivity contribution in [2.24, 2.45) is 5.73 Å². The first-order valence-electron chi connectivity index (χ1n) is 9.13. The number of ether oxygens (including phenoxy) is 1. The quantitative estimate of drug-likeness (QED) is 0.647. The minimum Gasteiger partial charge on any atom is -0.494 e. The van der Waals surface area contributed by atoms with Crippen LogP contribution in [0.5, 0.6) is 5.75 Å². The third-order valence-corrected chi connectivity index (χ3v) is 4.58. The fourth-order valence-corrected chi connectivity index (χ4v) is 3.07. The standard InChI is InChI=1S/C22H31NO/c1-4-5-6-13-24-21-11-9-19(10-12-21)15-20(16-23)22-14-17(2)7-8-18(22)3/h7-12,14,20H,4-6,13,15-16,23H2,1-3H3. The maximum atomic E-state index is 6.07. The molecule has 2 heteroatoms. The average Bonchev–Trinajstić information content (AvgIpc) is 2.60. The molecule has 0 aliphatic heterocycles. The smallest absolute Gasteiger partial charge is 0.119 e. The van der Waals surface area contributed by atoms with Crippen molar-refractivity contribution in [1.29, 1.82) is 0 Å². The third-order valence-electron chi connectivity index (χ3n) is 4.58. The van der Waals surface area contributed by atoms with Gasteiger partial charge in [-0.05, 0) is 62.1 Å². The summed E-state index contributed by atoms with van der Waals surface area (Å²) >= 11 is 0. The summed E-state index contributed by atoms with van der Waals surface area (Å²) in [5, 5.41) is 0. The number of aryl methyl sites for hydroxylation is 2. The van der Waals surface area contributed by atoms with Gasteiger partial charge in [-0.2, -0.15) is 0 Å². The van der Waals surface area contributed by atoms with E-state index in [-0.39, 0.29) is 0 Å². The molecular weight excluding hydrogens is 294 g/mol. The van der Waals surface area contributed by atoms with Crippen molar-refractivity contribution in [2.75, 3.05) is 13.2 Å². The SMILES string of the molecule is CCCCCOc1ccc(CC(CN)c2cc(C)ccc2C)cc1. The Kier molecular flexibility index (Phi) is 7.33. The Balaban J connectivity index is 1.99. The van der Waals surface area contributed by atoms with Crippen molar-refractivity contribution in [3.05, 3.63) is 64.7 Å². The maximum absolute atomic E-state index is 6.07. The van der Waals surface area contributed by atoms with Gasteiger partial charge in [-0.3, -0.25) is 0 Å². The second kappa shape index (κ2) is 9.48. The lowest BCUT2D eigenvalue weighted by Gasteiger charge is -2.19. The second-order valence-electron chi connectivity index (χ2n) is 6.70. The van der Waals surface area contributed by atoms with Crippen molar-refractivity contribution in [1.82, 2.24) is 0 Å². The first-order valence-corrected chi connectivity index (χ1v) is 9.13. The van der Waals surface area contributed by atoms with Crippen LogP contribution in [0.3, 0.4) is 0 Å². The van der Waals surface area contributed by atoms with E-state index >= 15 is 0 Å². The Labute approximate surface area is 147 Å². The first kappa shape index (κ1) is 18.5. The number of hydrogen-bond donors (Lipinski definition) is 1. The lowest BCUT2D eigenvalue weighted by molar-refractivity contribution is 0.306. The van der Waals surface area contributed by atoms with Crippen LogP contribution in [0.4, 0.5) is 0 Å². The molecule has 1 unspecified atom stereocenters. The normalized spacial score (nSPS) is 12.2. The average molecular weight is 325 g/mol. The van der Waals surface area contributed by atoms with E-state index in [2.05, 4.69) is 63.2 Å². The summed E-state index contributed by atoms with van der Waals surface area (Å²) in [6.07, 6.45) is 4.55. The van der Waals surface area contributed by atoms with Crippen molar-refractivity contribution < 1.29 is 4.74 Å². The van der Waals surface area contributed by atoms with Crippen molar-refractivity contribution in [3.63, 3.8) is 0 Å². The first-order chi connectivity index (χ1) is 11.6. The maximum Gasteiger partial charge on any atom is 0.119 e. The van der Waals surface area contributed by atoms with Gasteiger partial charge in [0.15, 0.2) is 0 Å². The van der Waals surface area contributed by atoms with E-state index in [0.29, 0.717) is 12.5 Å². The summed E-state index contributed by atoms with van der Waals surface area (Å²) in [5.74, 6) is 1.33. The van der Waals surface area contributed by atoms with E-state index in [0.717, 1.165) is 25.2 Å². The Morgan fingerprint density at radius 2 is 1.75 bits per heavy atom. The van der Waals surface area contributed by atoms with E-state index in [9.17, 15) is 0 Å². The number of hydrogen-bond acceptors (Lipinski definition) is 2. The summed E-state index contributed by atoms with van der Waals surface area (Å²) in [6, 6.07) is 15.1. The molecular formula is C22H31NO. The number of benzene rings is 2. The molecule has 0 amide bonds. The zero-order valence-electron chi connectivity index (χ0n) is 15.3. The topological polar surface area (TPSA) is 35.2 Å². The number of nitrogens with two attached hydrogens (primary N) is 1. The molecule has 0 aliphatic carbocycles. The second-order valence-corrected chi connectivity index (χ2v) is 6.70. The molecule has 2 nitrogen and oxygen atoms in total. The largest absolute Gasteiger partial charge is 0.494 e. The van der Waals surface area contributed by atoms with Gasteiger partial charge in [-0.25, -0.2) is 0 Å². The highest BCUT2D eigenvalue weighted by atomic mass is 16.5. The predicted molar refractivity (Wildman–Crippen MR) is 103 cm³/mol. The van der Waals surface area contributed by atoms with Crippen LogP contribution in [0.1, 0.15) is 54.4 Å². The monoisotopic (exact) mass is 325 g/mol. The van der Waals surface area contributed by atoms with Crippen LogP contribution < -0.4 is 10.5 Å². The van der Waals surface area contributed by atoms with Crippen LogP contribution in [-0.4, -0.2) is 13.2 Å². The van der Waals surface area contributed by atoms with Gasteiger partial charge in [0.25, 0.3) is 0 Å². The zero-order chi connectivity index (χ0) is 17.4. The fourth-order valence-electron chi connectivity index (χ4n) is 3.07. The molecule has 0 saturated carbocycles. The van der Waals surface area contributed by atoms with Crippen LogP contribution in [-0.2, 0) is 6.42 Å². The van der Waals surface area contributed by atoms with Gasteiger partial charge in [0.2, 0.25) is 0 Å². The van der Waals surface area contributed by atoms with Crippen LogP contribution >= 0.6 is 0 Å². The van der Waals surface area contributed by atoms with Crippen molar-refractivity contribution >= 4 is 0 Å². The molecule has 24 heavy (non-hydrogen) atoms. The van der Waals surface area contributed by atoms with Gasteiger partial charge in [-0.15, -0.1) is 0 Å². The highest BCUT2D eigenvalue weighted by Gasteiger charge is 2.13. The predicted octanol–water partition coefficient (Wildman–Crippen LogP) is 5.16.